The van der Waals surface area contributed by atoms with Gasteiger partial charge in [-0.25, -0.2) is 0 Å². The Morgan fingerprint density at radius 3 is 2.46 bits per heavy atom. The quantitative estimate of drug-likeness (QED) is 0.633. The average molecular weight is 199 g/mol. The van der Waals surface area contributed by atoms with Crippen molar-refractivity contribution in [2.75, 3.05) is 0 Å². The van der Waals surface area contributed by atoms with Gasteiger partial charge < -0.3 is 0 Å². The van der Waals surface area contributed by atoms with E-state index in [1.54, 1.807) is 0 Å². The fraction of sp³-hybridized carbons (Fsp3) is 0.727. The van der Waals surface area contributed by atoms with Crippen LogP contribution in [0.4, 0.5) is 0 Å². The SMILES string of the molecule is C=C(Cl)[C@]12CC[C@H](CC1=O)C2(C)C. The van der Waals surface area contributed by atoms with Crippen LogP contribution in [0.25, 0.3) is 0 Å². The van der Waals surface area contributed by atoms with E-state index >= 15 is 0 Å². The molecule has 0 aromatic carbocycles. The van der Waals surface area contributed by atoms with E-state index in [9.17, 15) is 4.79 Å². The maximum Gasteiger partial charge on any atom is 0.145 e. The zero-order chi connectivity index (χ0) is 9.85. The van der Waals surface area contributed by atoms with E-state index in [0.717, 1.165) is 12.8 Å². The van der Waals surface area contributed by atoms with Gasteiger partial charge >= 0.3 is 0 Å². The summed E-state index contributed by atoms with van der Waals surface area (Å²) in [6, 6.07) is 0. The predicted molar refractivity (Wildman–Crippen MR) is 53.6 cm³/mol. The molecular weight excluding hydrogens is 184 g/mol. The Morgan fingerprint density at radius 2 is 2.23 bits per heavy atom. The highest BCUT2D eigenvalue weighted by molar-refractivity contribution is 6.32. The van der Waals surface area contributed by atoms with E-state index in [4.69, 9.17) is 11.6 Å². The van der Waals surface area contributed by atoms with Crippen LogP contribution in [0.2, 0.25) is 0 Å². The number of allylic oxidation sites excluding steroid dienone is 1. The topological polar surface area (TPSA) is 17.1 Å². The first kappa shape index (κ1) is 9.26. The van der Waals surface area contributed by atoms with Crippen LogP contribution < -0.4 is 0 Å². The minimum atomic E-state index is -0.404. The van der Waals surface area contributed by atoms with E-state index in [0.29, 0.717) is 23.2 Å². The first-order valence-corrected chi connectivity index (χ1v) is 5.19. The predicted octanol–water partition coefficient (Wildman–Crippen LogP) is 3.13. The van der Waals surface area contributed by atoms with Crippen molar-refractivity contribution in [2.45, 2.75) is 33.1 Å². The van der Waals surface area contributed by atoms with Crippen LogP contribution in [-0.2, 0) is 4.79 Å². The molecule has 13 heavy (non-hydrogen) atoms. The van der Waals surface area contributed by atoms with Crippen LogP contribution in [0.5, 0.6) is 0 Å². The number of hydrogen-bond donors (Lipinski definition) is 0. The molecule has 0 N–H and O–H groups in total. The second-order valence-electron chi connectivity index (χ2n) is 4.89. The third-order valence-corrected chi connectivity index (χ3v) is 4.68. The normalized spacial score (nSPS) is 41.2. The second-order valence-corrected chi connectivity index (χ2v) is 5.35. The highest BCUT2D eigenvalue weighted by Crippen LogP contribution is 2.67. The molecule has 0 aromatic rings. The van der Waals surface area contributed by atoms with Crippen molar-refractivity contribution in [2.24, 2.45) is 16.7 Å². The molecule has 0 radical (unpaired) electrons. The van der Waals surface area contributed by atoms with E-state index in [1.165, 1.54) is 0 Å². The molecule has 0 aliphatic heterocycles. The Kier molecular flexibility index (Phi) is 1.70. The number of ketones is 1. The molecular formula is C11H15ClO. The van der Waals surface area contributed by atoms with E-state index in [-0.39, 0.29) is 5.41 Å². The minimum absolute atomic E-state index is 0.0307. The van der Waals surface area contributed by atoms with Crippen molar-refractivity contribution in [1.82, 2.24) is 0 Å². The maximum absolute atomic E-state index is 11.9. The first-order chi connectivity index (χ1) is 5.93. The van der Waals surface area contributed by atoms with Gasteiger partial charge in [-0.1, -0.05) is 32.0 Å². The lowest BCUT2D eigenvalue weighted by Gasteiger charge is -2.35. The summed E-state index contributed by atoms with van der Waals surface area (Å²) in [6.07, 6.45) is 2.75. The van der Waals surface area contributed by atoms with Gasteiger partial charge in [-0.3, -0.25) is 4.79 Å². The summed E-state index contributed by atoms with van der Waals surface area (Å²) in [7, 11) is 0. The molecule has 2 aliphatic rings. The van der Waals surface area contributed by atoms with Crippen molar-refractivity contribution in [3.63, 3.8) is 0 Å². The van der Waals surface area contributed by atoms with Gasteiger partial charge in [-0.15, -0.1) is 0 Å². The fourth-order valence-corrected chi connectivity index (χ4v) is 3.76. The molecule has 0 heterocycles. The average Bonchev–Trinajstić information content (AvgIpc) is 2.35. The number of carbonyl (C=O) groups is 1. The summed E-state index contributed by atoms with van der Waals surface area (Å²) in [5.41, 5.74) is -0.373. The van der Waals surface area contributed by atoms with Gasteiger partial charge in [0.05, 0.1) is 5.41 Å². The van der Waals surface area contributed by atoms with Crippen molar-refractivity contribution in [1.29, 1.82) is 0 Å². The molecule has 72 valence electrons. The lowest BCUT2D eigenvalue weighted by molar-refractivity contribution is -0.126. The van der Waals surface area contributed by atoms with E-state index < -0.39 is 5.41 Å². The van der Waals surface area contributed by atoms with Crippen LogP contribution >= 0.6 is 11.6 Å². The summed E-state index contributed by atoms with van der Waals surface area (Å²) >= 11 is 6.03. The van der Waals surface area contributed by atoms with E-state index in [2.05, 4.69) is 20.4 Å². The molecule has 2 heteroatoms. The summed E-state index contributed by atoms with van der Waals surface area (Å²) in [6.45, 7) is 8.11. The highest BCUT2D eigenvalue weighted by Gasteiger charge is 2.65. The van der Waals surface area contributed by atoms with Crippen LogP contribution in [0.1, 0.15) is 33.1 Å². The molecule has 0 aromatic heterocycles. The first-order valence-electron chi connectivity index (χ1n) is 4.81. The van der Waals surface area contributed by atoms with Crippen LogP contribution in [0, 0.1) is 16.7 Å². The van der Waals surface area contributed by atoms with Crippen LogP contribution in [0.3, 0.4) is 0 Å². The number of hydrogen-bond acceptors (Lipinski definition) is 1. The Balaban J connectivity index is 2.55. The number of carbonyl (C=O) groups excluding carboxylic acids is 1. The minimum Gasteiger partial charge on any atom is -0.299 e. The van der Waals surface area contributed by atoms with Gasteiger partial charge in [0, 0.05) is 11.5 Å². The molecule has 0 unspecified atom stereocenters. The second kappa shape index (κ2) is 2.38. The molecule has 2 atom stereocenters. The smallest absolute Gasteiger partial charge is 0.145 e. The molecule has 0 spiro atoms. The molecule has 2 saturated carbocycles. The van der Waals surface area contributed by atoms with Gasteiger partial charge in [-0.2, -0.15) is 0 Å². The summed E-state index contributed by atoms with van der Waals surface area (Å²) < 4.78 is 0. The van der Waals surface area contributed by atoms with Gasteiger partial charge in [-0.05, 0) is 24.2 Å². The molecule has 2 rings (SSSR count). The molecule has 2 bridgehead atoms. The zero-order valence-electron chi connectivity index (χ0n) is 8.19. The van der Waals surface area contributed by atoms with Crippen molar-refractivity contribution in [3.05, 3.63) is 11.6 Å². The Hall–Kier alpha value is -0.300. The van der Waals surface area contributed by atoms with Crippen LogP contribution in [0.15, 0.2) is 11.6 Å². The van der Waals surface area contributed by atoms with Gasteiger partial charge in [0.25, 0.3) is 0 Å². The molecule has 0 saturated heterocycles. The number of rotatable bonds is 1. The zero-order valence-corrected chi connectivity index (χ0v) is 8.95. The summed E-state index contributed by atoms with van der Waals surface area (Å²) in [4.78, 5) is 11.9. The molecule has 1 nitrogen and oxygen atoms in total. The number of Topliss-reactive ketones (excluding diaryl/α,β-unsaturated/α-hetero) is 1. The molecule has 2 aliphatic carbocycles. The molecule has 2 fully saturated rings. The number of halogens is 1. The summed E-state index contributed by atoms with van der Waals surface area (Å²) in [5.74, 6) is 0.837. The standard InChI is InChI=1S/C11H15ClO/c1-7(12)11-5-4-8(6-9(11)13)10(11,2)3/h8H,1,4-6H2,2-3H3/t8-,11-/m1/s1. The van der Waals surface area contributed by atoms with Gasteiger partial charge in [0.2, 0.25) is 0 Å². The highest BCUT2D eigenvalue weighted by atomic mass is 35.5. The number of fused-ring (bicyclic) bond motifs is 2. The monoisotopic (exact) mass is 198 g/mol. The third-order valence-electron chi connectivity index (χ3n) is 4.36. The summed E-state index contributed by atoms with van der Waals surface area (Å²) in [5, 5.41) is 0.558. The maximum atomic E-state index is 11.9. The lowest BCUT2D eigenvalue weighted by Crippen LogP contribution is -2.35. The third kappa shape index (κ3) is 0.817. The van der Waals surface area contributed by atoms with Crippen molar-refractivity contribution in [3.8, 4) is 0 Å². The van der Waals surface area contributed by atoms with Crippen molar-refractivity contribution >= 4 is 17.4 Å². The Bertz CT molecular complexity index is 292. The lowest BCUT2D eigenvalue weighted by atomic mass is 9.69. The Labute approximate surface area is 84.2 Å². The van der Waals surface area contributed by atoms with Crippen LogP contribution in [-0.4, -0.2) is 5.78 Å². The van der Waals surface area contributed by atoms with Crippen molar-refractivity contribution < 1.29 is 4.79 Å². The Morgan fingerprint density at radius 1 is 1.62 bits per heavy atom. The molecule has 0 amide bonds. The van der Waals surface area contributed by atoms with Gasteiger partial charge in [0.1, 0.15) is 5.78 Å². The largest absolute Gasteiger partial charge is 0.299 e. The fourth-order valence-electron chi connectivity index (χ4n) is 3.31. The van der Waals surface area contributed by atoms with Gasteiger partial charge in [0.15, 0.2) is 0 Å². The van der Waals surface area contributed by atoms with E-state index in [1.807, 2.05) is 0 Å².